The third kappa shape index (κ3) is 92.6. The molecule has 0 radical (unpaired) electrons. The van der Waals surface area contributed by atoms with E-state index in [1.807, 2.05) is 6.92 Å². The lowest BCUT2D eigenvalue weighted by Gasteiger charge is -1.93. The van der Waals surface area contributed by atoms with Crippen molar-refractivity contribution in [2.24, 2.45) is 0 Å². The molecule has 2 heteroatoms. The summed E-state index contributed by atoms with van der Waals surface area (Å²) in [6.45, 7) is 3.07. The molecule has 0 aliphatic rings. The second-order valence-corrected chi connectivity index (χ2v) is 0.899. The quantitative estimate of drug-likeness (QED) is 0.479. The van der Waals surface area contributed by atoms with Gasteiger partial charge >= 0.3 is 0 Å². The molecule has 12 heavy (non-hydrogen) atoms. The third-order valence-corrected chi connectivity index (χ3v) is 0.405. The smallest absolute Gasteiger partial charge is 0.146 e. The van der Waals surface area contributed by atoms with Crippen molar-refractivity contribution in [2.45, 2.75) is 51.5 Å². The van der Waals surface area contributed by atoms with Crippen LogP contribution in [0.3, 0.4) is 0 Å². The first-order valence-corrected chi connectivity index (χ1v) is 1.98. The minimum Gasteiger partial charge on any atom is -0.359 e. The van der Waals surface area contributed by atoms with E-state index in [0.29, 0.717) is 6.79 Å². The molecule has 2 nitrogen and oxygen atoms in total. The zero-order valence-corrected chi connectivity index (χ0v) is 4.23. The number of hydrogen-bond donors (Lipinski definition) is 0. The molecule has 0 rings (SSSR count). The Kier molecular flexibility index (Phi) is 342. The predicted octanol–water partition coefficient (Wildman–Crippen LogP) is 4.44. The molecule has 0 amide bonds. The fourth-order valence-corrected chi connectivity index (χ4v) is 0.167. The number of ether oxygens (including phenoxy) is 2. The summed E-state index contributed by atoms with van der Waals surface area (Å²) in [5, 5.41) is 0. The zero-order valence-electron chi connectivity index (χ0n) is 4.23. The maximum absolute atomic E-state index is 4.76. The van der Waals surface area contributed by atoms with Crippen molar-refractivity contribution in [3.63, 3.8) is 0 Å². The summed E-state index contributed by atoms with van der Waals surface area (Å²) < 4.78 is 9.32. The highest BCUT2D eigenvalue weighted by Crippen LogP contribution is 1.68. The first-order valence-electron chi connectivity index (χ1n) is 1.98. The summed E-state index contributed by atoms with van der Waals surface area (Å²) in [7, 11) is 1.61. The van der Waals surface area contributed by atoms with E-state index in [9.17, 15) is 0 Å². The van der Waals surface area contributed by atoms with Gasteiger partial charge in [-0.2, -0.15) is 0 Å². The highest BCUT2D eigenvalue weighted by atomic mass is 16.7. The molecule has 0 saturated carbocycles. The van der Waals surface area contributed by atoms with Gasteiger partial charge in [0.25, 0.3) is 0 Å². The van der Waals surface area contributed by atoms with Gasteiger partial charge in [0.1, 0.15) is 6.79 Å². The van der Waals surface area contributed by atoms with Crippen LogP contribution in [0.4, 0.5) is 0 Å². The number of hydrogen-bond acceptors (Lipinski definition) is 2. The summed E-state index contributed by atoms with van der Waals surface area (Å²) in [5.41, 5.74) is 0. The molecule has 0 fully saturated rings. The first kappa shape index (κ1) is 58.7. The second-order valence-electron chi connectivity index (χ2n) is 0.899. The average molecular weight is 186 g/mol. The normalized spacial score (nSPS) is 4.50. The Morgan fingerprint density at radius 3 is 1.25 bits per heavy atom. The molecule has 86 valence electrons. The second kappa shape index (κ2) is 69.9. The van der Waals surface area contributed by atoms with Gasteiger partial charge in [0.2, 0.25) is 0 Å². The van der Waals surface area contributed by atoms with Crippen molar-refractivity contribution in [2.75, 3.05) is 20.5 Å². The lowest BCUT2D eigenvalue weighted by molar-refractivity contribution is -0.0250. The van der Waals surface area contributed by atoms with E-state index in [4.69, 9.17) is 4.74 Å². The van der Waals surface area contributed by atoms with Gasteiger partial charge in [-0.15, -0.1) is 0 Å². The molecular weight excluding hydrogens is 152 g/mol. The topological polar surface area (TPSA) is 18.5 Å². The van der Waals surface area contributed by atoms with Crippen molar-refractivity contribution in [1.82, 2.24) is 0 Å². The van der Waals surface area contributed by atoms with E-state index in [1.165, 1.54) is 0 Å². The monoisotopic (exact) mass is 186 g/mol. The van der Waals surface area contributed by atoms with Crippen LogP contribution in [-0.4, -0.2) is 20.5 Å². The Bertz CT molecular complexity index is 19.8. The molecule has 0 aliphatic heterocycles. The van der Waals surface area contributed by atoms with E-state index >= 15 is 0 Å². The summed E-state index contributed by atoms with van der Waals surface area (Å²) in [5.74, 6) is 0. The van der Waals surface area contributed by atoms with Crippen molar-refractivity contribution < 1.29 is 9.47 Å². The van der Waals surface area contributed by atoms with Crippen LogP contribution in [0.2, 0.25) is 0 Å². The van der Waals surface area contributed by atoms with Crippen LogP contribution in [-0.2, 0) is 9.47 Å². The van der Waals surface area contributed by atoms with Crippen LogP contribution in [0.1, 0.15) is 51.5 Å². The highest BCUT2D eigenvalue weighted by Gasteiger charge is 1.71. The molecule has 0 aromatic rings. The van der Waals surface area contributed by atoms with Gasteiger partial charge < -0.3 is 9.47 Å². The van der Waals surface area contributed by atoms with Crippen LogP contribution >= 0.6 is 0 Å². The standard InChI is InChI=1S/C4H10O2.6CH4/c1-3-6-4-5-2;;;;;;/h3-4H2,1-2H3;6*1H4. The predicted molar refractivity (Wildman–Crippen MR) is 63.9 cm³/mol. The van der Waals surface area contributed by atoms with Crippen LogP contribution in [0.25, 0.3) is 0 Å². The van der Waals surface area contributed by atoms with E-state index in [1.54, 1.807) is 7.11 Å². The van der Waals surface area contributed by atoms with E-state index < -0.39 is 0 Å². The van der Waals surface area contributed by atoms with Gasteiger partial charge in [0, 0.05) is 13.7 Å². The van der Waals surface area contributed by atoms with Crippen LogP contribution < -0.4 is 0 Å². The minimum absolute atomic E-state index is 0. The minimum atomic E-state index is 0. The Morgan fingerprint density at radius 2 is 1.17 bits per heavy atom. The van der Waals surface area contributed by atoms with Gasteiger partial charge in [0.15, 0.2) is 0 Å². The Morgan fingerprint density at radius 1 is 0.833 bits per heavy atom. The molecule has 0 aromatic carbocycles. The van der Waals surface area contributed by atoms with Gasteiger partial charge in [-0.25, -0.2) is 0 Å². The van der Waals surface area contributed by atoms with Crippen LogP contribution in [0, 0.1) is 0 Å². The van der Waals surface area contributed by atoms with Crippen molar-refractivity contribution in [3.05, 3.63) is 0 Å². The Labute approximate surface area is 82.3 Å². The summed E-state index contributed by atoms with van der Waals surface area (Å²) in [6, 6.07) is 0. The van der Waals surface area contributed by atoms with E-state index in [-0.39, 0.29) is 44.6 Å². The lowest BCUT2D eigenvalue weighted by Crippen LogP contribution is -1.93. The molecule has 0 atom stereocenters. The summed E-state index contributed by atoms with van der Waals surface area (Å²) >= 11 is 0. The maximum atomic E-state index is 4.76. The Hall–Kier alpha value is -0.0800. The van der Waals surface area contributed by atoms with Gasteiger partial charge in [-0.3, -0.25) is 0 Å². The Balaban J connectivity index is -0.00000000833. The van der Waals surface area contributed by atoms with E-state index in [0.717, 1.165) is 6.61 Å². The van der Waals surface area contributed by atoms with Gasteiger partial charge in [-0.05, 0) is 6.92 Å². The SMILES string of the molecule is C.C.C.C.C.C.CCOCOC. The summed E-state index contributed by atoms with van der Waals surface area (Å²) in [6.07, 6.45) is 0. The zero-order chi connectivity index (χ0) is 4.83. The van der Waals surface area contributed by atoms with Crippen molar-refractivity contribution in [3.8, 4) is 0 Å². The van der Waals surface area contributed by atoms with Crippen LogP contribution in [0.15, 0.2) is 0 Å². The molecule has 0 heterocycles. The lowest BCUT2D eigenvalue weighted by atomic mass is 10.9. The third-order valence-electron chi connectivity index (χ3n) is 0.405. The number of rotatable bonds is 3. The van der Waals surface area contributed by atoms with Gasteiger partial charge in [-0.1, -0.05) is 44.6 Å². The molecule has 0 unspecified atom stereocenters. The molecule has 0 spiro atoms. The molecular formula is C10H34O2. The van der Waals surface area contributed by atoms with E-state index in [2.05, 4.69) is 4.74 Å². The first-order chi connectivity index (χ1) is 2.91. The fourth-order valence-electron chi connectivity index (χ4n) is 0.167. The average Bonchev–Trinajstić information content (AvgIpc) is 1.61. The molecule has 0 bridgehead atoms. The van der Waals surface area contributed by atoms with Crippen LogP contribution in [0.5, 0.6) is 0 Å². The van der Waals surface area contributed by atoms with Gasteiger partial charge in [0.05, 0.1) is 0 Å². The molecule has 0 saturated heterocycles. The fraction of sp³-hybridized carbons (Fsp3) is 1.00. The highest BCUT2D eigenvalue weighted by molar-refractivity contribution is 4.02. The molecule has 0 aliphatic carbocycles. The maximum Gasteiger partial charge on any atom is 0.146 e. The summed E-state index contributed by atoms with van der Waals surface area (Å²) in [4.78, 5) is 0. The number of methoxy groups -OCH3 is 1. The van der Waals surface area contributed by atoms with Crippen molar-refractivity contribution >= 4 is 0 Å². The molecule has 0 aromatic heterocycles. The molecule has 0 N–H and O–H groups in total. The largest absolute Gasteiger partial charge is 0.359 e. The van der Waals surface area contributed by atoms with Crippen molar-refractivity contribution in [1.29, 1.82) is 0 Å².